The molecule has 3 rings (SSSR count). The number of methoxy groups -OCH3 is 1. The molecule has 0 aliphatic carbocycles. The first-order valence-electron chi connectivity index (χ1n) is 12.3. The summed E-state index contributed by atoms with van der Waals surface area (Å²) in [5, 5.41) is 4.02. The van der Waals surface area contributed by atoms with E-state index in [9.17, 15) is 13.2 Å². The molecule has 3 aromatic carbocycles. The summed E-state index contributed by atoms with van der Waals surface area (Å²) in [4.78, 5) is 13.1. The molecule has 9 heteroatoms. The molecule has 202 valence electrons. The average Bonchev–Trinajstić information content (AvgIpc) is 2.85. The van der Waals surface area contributed by atoms with Crippen molar-refractivity contribution in [1.82, 2.24) is 9.73 Å². The third kappa shape index (κ3) is 7.20. The number of hydrazone groups is 1. The topological polar surface area (TPSA) is 97.3 Å². The van der Waals surface area contributed by atoms with E-state index in [1.165, 1.54) is 10.5 Å². The minimum atomic E-state index is -3.99. The molecule has 0 aliphatic heterocycles. The zero-order chi connectivity index (χ0) is 27.9. The van der Waals surface area contributed by atoms with Gasteiger partial charge in [-0.1, -0.05) is 47.5 Å². The van der Waals surface area contributed by atoms with E-state index < -0.39 is 22.5 Å². The molecule has 0 heterocycles. The van der Waals surface area contributed by atoms with Crippen LogP contribution in [0.4, 0.5) is 0 Å². The first-order valence-corrected chi connectivity index (χ1v) is 13.8. The van der Waals surface area contributed by atoms with Crippen LogP contribution in [-0.2, 0) is 21.4 Å². The van der Waals surface area contributed by atoms with Crippen molar-refractivity contribution >= 4 is 22.1 Å². The van der Waals surface area contributed by atoms with E-state index in [0.29, 0.717) is 34.8 Å². The molecule has 0 spiro atoms. The van der Waals surface area contributed by atoms with E-state index in [2.05, 4.69) is 10.5 Å². The number of hydrogen-bond acceptors (Lipinski definition) is 6. The van der Waals surface area contributed by atoms with Gasteiger partial charge in [-0.15, -0.1) is 0 Å². The highest BCUT2D eigenvalue weighted by Gasteiger charge is 2.30. The summed E-state index contributed by atoms with van der Waals surface area (Å²) in [5.74, 6) is 0.591. The number of benzene rings is 3. The number of ether oxygens (including phenoxy) is 2. The summed E-state index contributed by atoms with van der Waals surface area (Å²) in [5.41, 5.74) is 7.22. The van der Waals surface area contributed by atoms with Gasteiger partial charge in [0, 0.05) is 6.54 Å². The molecule has 0 unspecified atom stereocenters. The second-order valence-corrected chi connectivity index (χ2v) is 11.0. The Morgan fingerprint density at radius 3 is 2.21 bits per heavy atom. The van der Waals surface area contributed by atoms with Gasteiger partial charge in [0.05, 0.1) is 31.4 Å². The highest BCUT2D eigenvalue weighted by Crippen LogP contribution is 2.28. The minimum absolute atomic E-state index is 0.0442. The quantitative estimate of drug-likeness (QED) is 0.283. The van der Waals surface area contributed by atoms with Crippen LogP contribution in [0.3, 0.4) is 0 Å². The molecule has 0 radical (unpaired) electrons. The van der Waals surface area contributed by atoms with Crippen LogP contribution >= 0.6 is 0 Å². The molecule has 1 N–H and O–H groups in total. The molecule has 0 aliphatic rings. The normalized spacial score (nSPS) is 11.7. The lowest BCUT2D eigenvalue weighted by molar-refractivity contribution is -0.121. The van der Waals surface area contributed by atoms with E-state index in [1.54, 1.807) is 39.2 Å². The number of carbonyl (C=O) groups is 1. The van der Waals surface area contributed by atoms with Crippen LogP contribution in [0, 0.1) is 27.7 Å². The van der Waals surface area contributed by atoms with Crippen LogP contribution in [0.25, 0.3) is 0 Å². The molecule has 0 aromatic heterocycles. The fraction of sp³-hybridized carbons (Fsp3) is 0.310. The van der Waals surface area contributed by atoms with Crippen LogP contribution < -0.4 is 14.9 Å². The molecule has 0 bridgehead atoms. The Balaban J connectivity index is 1.83. The maximum Gasteiger partial charge on any atom is 0.255 e. The number of rotatable bonds is 11. The Morgan fingerprint density at radius 1 is 0.947 bits per heavy atom. The Hall–Kier alpha value is -3.69. The van der Waals surface area contributed by atoms with E-state index in [-0.39, 0.29) is 11.4 Å². The van der Waals surface area contributed by atoms with Gasteiger partial charge in [0.15, 0.2) is 11.5 Å². The van der Waals surface area contributed by atoms with Gasteiger partial charge in [0.1, 0.15) is 0 Å². The van der Waals surface area contributed by atoms with Gasteiger partial charge in [-0.05, 0) is 75.1 Å². The first kappa shape index (κ1) is 28.9. The van der Waals surface area contributed by atoms with Gasteiger partial charge in [-0.2, -0.15) is 9.41 Å². The van der Waals surface area contributed by atoms with Crippen molar-refractivity contribution in [1.29, 1.82) is 0 Å². The van der Waals surface area contributed by atoms with Crippen molar-refractivity contribution in [2.45, 2.75) is 46.1 Å². The number of amides is 1. The summed E-state index contributed by atoms with van der Waals surface area (Å²) >= 11 is 0. The zero-order valence-corrected chi connectivity index (χ0v) is 23.6. The number of aryl methyl sites for hydroxylation is 4. The van der Waals surface area contributed by atoms with Crippen molar-refractivity contribution in [2.24, 2.45) is 5.10 Å². The van der Waals surface area contributed by atoms with Crippen LogP contribution in [-0.4, -0.2) is 45.1 Å². The zero-order valence-electron chi connectivity index (χ0n) is 22.7. The molecule has 8 nitrogen and oxygen atoms in total. The monoisotopic (exact) mass is 537 g/mol. The van der Waals surface area contributed by atoms with E-state index in [0.717, 1.165) is 16.7 Å². The number of carbonyl (C=O) groups excluding carboxylic acids is 1. The molecule has 38 heavy (non-hydrogen) atoms. The molecule has 0 atom stereocenters. The van der Waals surface area contributed by atoms with Crippen molar-refractivity contribution in [2.75, 3.05) is 20.3 Å². The number of nitrogens with zero attached hydrogens (tertiary/aromatic N) is 2. The molecule has 0 saturated heterocycles. The Kier molecular flexibility index (Phi) is 9.66. The lowest BCUT2D eigenvalue weighted by Crippen LogP contribution is -2.39. The number of sulfonamides is 1. The Morgan fingerprint density at radius 2 is 1.61 bits per heavy atom. The van der Waals surface area contributed by atoms with E-state index in [4.69, 9.17) is 9.47 Å². The van der Waals surface area contributed by atoms with Crippen LogP contribution in [0.5, 0.6) is 11.5 Å². The van der Waals surface area contributed by atoms with Crippen LogP contribution in [0.1, 0.15) is 40.3 Å². The van der Waals surface area contributed by atoms with E-state index >= 15 is 0 Å². The summed E-state index contributed by atoms with van der Waals surface area (Å²) in [6, 6.07) is 16.5. The molecule has 0 fully saturated rings. The molecule has 0 saturated carbocycles. The Labute approximate surface area is 225 Å². The van der Waals surface area contributed by atoms with Gasteiger partial charge in [0.25, 0.3) is 5.91 Å². The van der Waals surface area contributed by atoms with Gasteiger partial charge in [0.2, 0.25) is 10.0 Å². The molecular formula is C29H35N3O5S. The van der Waals surface area contributed by atoms with Crippen molar-refractivity contribution in [3.8, 4) is 11.5 Å². The third-order valence-electron chi connectivity index (χ3n) is 5.89. The number of nitrogens with one attached hydrogen (secondary N) is 1. The van der Waals surface area contributed by atoms with Gasteiger partial charge < -0.3 is 9.47 Å². The SMILES string of the molecule is CCOc1ccc(/C=N/NC(=O)CN(Cc2ccc(C)cc2)S(=O)(=O)c2c(C)cc(C)cc2C)cc1OC. The van der Waals surface area contributed by atoms with Gasteiger partial charge >= 0.3 is 0 Å². The lowest BCUT2D eigenvalue weighted by atomic mass is 10.1. The van der Waals surface area contributed by atoms with Crippen molar-refractivity contribution in [3.05, 3.63) is 88.0 Å². The lowest BCUT2D eigenvalue weighted by Gasteiger charge is -2.24. The number of hydrogen-bond donors (Lipinski definition) is 1. The summed E-state index contributed by atoms with van der Waals surface area (Å²) in [6.07, 6.45) is 1.46. The summed E-state index contributed by atoms with van der Waals surface area (Å²) in [7, 11) is -2.45. The molecular weight excluding hydrogens is 502 g/mol. The second-order valence-electron chi connectivity index (χ2n) is 9.12. The Bertz CT molecular complexity index is 1390. The molecule has 3 aromatic rings. The second kappa shape index (κ2) is 12.7. The summed E-state index contributed by atoms with van der Waals surface area (Å²) in [6.45, 7) is 9.46. The molecule has 1 amide bonds. The van der Waals surface area contributed by atoms with Crippen molar-refractivity contribution < 1.29 is 22.7 Å². The smallest absolute Gasteiger partial charge is 0.255 e. The average molecular weight is 538 g/mol. The van der Waals surface area contributed by atoms with E-state index in [1.807, 2.05) is 57.2 Å². The van der Waals surface area contributed by atoms with Gasteiger partial charge in [-0.3, -0.25) is 4.79 Å². The fourth-order valence-electron chi connectivity index (χ4n) is 4.24. The first-order chi connectivity index (χ1) is 18.0. The van der Waals surface area contributed by atoms with Gasteiger partial charge in [-0.25, -0.2) is 13.8 Å². The predicted octanol–water partition coefficient (Wildman–Crippen LogP) is 4.67. The van der Waals surface area contributed by atoms with Crippen LogP contribution in [0.15, 0.2) is 64.6 Å². The summed E-state index contributed by atoms with van der Waals surface area (Å²) < 4.78 is 39.7. The predicted molar refractivity (Wildman–Crippen MR) is 149 cm³/mol. The third-order valence-corrected chi connectivity index (χ3v) is 7.99. The highest BCUT2D eigenvalue weighted by molar-refractivity contribution is 7.89. The maximum atomic E-state index is 13.8. The highest BCUT2D eigenvalue weighted by atomic mass is 32.2. The largest absolute Gasteiger partial charge is 0.493 e. The fourth-order valence-corrected chi connectivity index (χ4v) is 6.04. The standard InChI is InChI=1S/C29H35N3O5S/c1-7-37-26-13-12-25(16-27(26)36-6)17-30-31-28(33)19-32(18-24-10-8-20(2)9-11-24)38(34,35)29-22(4)14-21(3)15-23(29)5/h8-17H,7,18-19H2,1-6H3,(H,31,33)/b30-17+. The maximum absolute atomic E-state index is 13.8. The minimum Gasteiger partial charge on any atom is -0.493 e. The van der Waals surface area contributed by atoms with Crippen molar-refractivity contribution in [3.63, 3.8) is 0 Å². The van der Waals surface area contributed by atoms with Crippen LogP contribution in [0.2, 0.25) is 0 Å².